The van der Waals surface area contributed by atoms with E-state index in [9.17, 15) is 0 Å². The molecule has 14 heavy (non-hydrogen) atoms. The molecule has 1 aromatic carbocycles. The maximum Gasteiger partial charge on any atom is 0.0988 e. The van der Waals surface area contributed by atoms with Crippen molar-refractivity contribution in [3.8, 4) is 0 Å². The van der Waals surface area contributed by atoms with Crippen LogP contribution in [0.1, 0.15) is 31.2 Å². The molecule has 0 unspecified atom stereocenters. The van der Waals surface area contributed by atoms with Crippen LogP contribution < -0.4 is 0 Å². The summed E-state index contributed by atoms with van der Waals surface area (Å²) in [6.07, 6.45) is 6.97. The summed E-state index contributed by atoms with van der Waals surface area (Å²) in [7, 11) is 0. The van der Waals surface area contributed by atoms with E-state index in [2.05, 4.69) is 30.3 Å². The highest BCUT2D eigenvalue weighted by Crippen LogP contribution is 2.49. The number of hydrogen-bond acceptors (Lipinski definition) is 1. The molecule has 1 aliphatic heterocycles. The number of hydrogen-bond donors (Lipinski definition) is 0. The normalized spacial score (nSPS) is 35.0. The molecule has 2 aliphatic rings. The van der Waals surface area contributed by atoms with Crippen molar-refractivity contribution < 1.29 is 4.74 Å². The van der Waals surface area contributed by atoms with Crippen LogP contribution in [-0.4, -0.2) is 11.7 Å². The van der Waals surface area contributed by atoms with E-state index in [-0.39, 0.29) is 5.60 Å². The highest BCUT2D eigenvalue weighted by atomic mass is 16.6. The first kappa shape index (κ1) is 8.49. The highest BCUT2D eigenvalue weighted by Gasteiger charge is 2.56. The zero-order chi connectivity index (χ0) is 9.43. The molecule has 1 aliphatic carbocycles. The zero-order valence-electron chi connectivity index (χ0n) is 8.41. The summed E-state index contributed by atoms with van der Waals surface area (Å²) in [5.74, 6) is 0. The Hall–Kier alpha value is -0.820. The molecule has 1 heterocycles. The topological polar surface area (TPSA) is 12.5 Å². The molecule has 0 spiro atoms. The zero-order valence-corrected chi connectivity index (χ0v) is 8.41. The number of ether oxygens (including phenoxy) is 1. The van der Waals surface area contributed by atoms with Gasteiger partial charge in [0.1, 0.15) is 0 Å². The Balaban J connectivity index is 1.74. The predicted molar refractivity (Wildman–Crippen MR) is 56.2 cm³/mol. The monoisotopic (exact) mass is 188 g/mol. The largest absolute Gasteiger partial charge is 0.366 e. The van der Waals surface area contributed by atoms with E-state index in [1.54, 1.807) is 0 Å². The number of rotatable bonds is 2. The summed E-state index contributed by atoms with van der Waals surface area (Å²) in [5.41, 5.74) is 1.68. The summed E-state index contributed by atoms with van der Waals surface area (Å²) in [6.45, 7) is 0. The molecular weight excluding hydrogens is 172 g/mol. The van der Waals surface area contributed by atoms with Gasteiger partial charge in [-0.25, -0.2) is 0 Å². The molecule has 74 valence electrons. The first-order chi connectivity index (χ1) is 6.89. The van der Waals surface area contributed by atoms with E-state index in [0.717, 1.165) is 6.42 Å². The minimum absolute atomic E-state index is 0.250. The van der Waals surface area contributed by atoms with Crippen LogP contribution in [-0.2, 0) is 11.2 Å². The third-order valence-corrected chi connectivity index (χ3v) is 3.57. The molecule has 2 atom stereocenters. The van der Waals surface area contributed by atoms with Gasteiger partial charge in [-0.15, -0.1) is 0 Å². The fourth-order valence-electron chi connectivity index (χ4n) is 2.73. The second-order valence-corrected chi connectivity index (χ2v) is 4.58. The van der Waals surface area contributed by atoms with Gasteiger partial charge in [-0.1, -0.05) is 43.2 Å². The first-order valence-electron chi connectivity index (χ1n) is 5.61. The Morgan fingerprint density at radius 2 is 2.07 bits per heavy atom. The average Bonchev–Trinajstić information content (AvgIpc) is 2.93. The fraction of sp³-hybridized carbons (Fsp3) is 0.538. The lowest BCUT2D eigenvalue weighted by Gasteiger charge is -2.16. The Bertz CT molecular complexity index is 319. The van der Waals surface area contributed by atoms with Gasteiger partial charge in [-0.2, -0.15) is 0 Å². The lowest BCUT2D eigenvalue weighted by molar-refractivity contribution is 0.284. The van der Waals surface area contributed by atoms with Crippen LogP contribution in [0.25, 0.3) is 0 Å². The fourth-order valence-corrected chi connectivity index (χ4v) is 2.73. The van der Waals surface area contributed by atoms with Crippen LogP contribution >= 0.6 is 0 Å². The molecule has 3 rings (SSSR count). The van der Waals surface area contributed by atoms with Gasteiger partial charge in [0.15, 0.2) is 0 Å². The van der Waals surface area contributed by atoms with Gasteiger partial charge < -0.3 is 4.74 Å². The first-order valence-corrected chi connectivity index (χ1v) is 5.61. The molecule has 0 radical (unpaired) electrons. The Kier molecular flexibility index (Phi) is 1.88. The third-order valence-electron chi connectivity index (χ3n) is 3.57. The average molecular weight is 188 g/mol. The maximum atomic E-state index is 5.87. The molecule has 1 saturated heterocycles. The van der Waals surface area contributed by atoms with Crippen molar-refractivity contribution >= 4 is 0 Å². The van der Waals surface area contributed by atoms with E-state index in [0.29, 0.717) is 6.10 Å². The van der Waals surface area contributed by atoms with Gasteiger partial charge in [0, 0.05) is 6.42 Å². The van der Waals surface area contributed by atoms with Crippen molar-refractivity contribution in [2.45, 2.75) is 43.8 Å². The highest BCUT2D eigenvalue weighted by molar-refractivity contribution is 5.21. The van der Waals surface area contributed by atoms with Crippen molar-refractivity contribution in [1.82, 2.24) is 0 Å². The van der Waals surface area contributed by atoms with Gasteiger partial charge in [-0.3, -0.25) is 0 Å². The molecule has 0 N–H and O–H groups in total. The molecule has 0 bridgehead atoms. The van der Waals surface area contributed by atoms with Crippen molar-refractivity contribution in [3.05, 3.63) is 35.9 Å². The maximum absolute atomic E-state index is 5.87. The van der Waals surface area contributed by atoms with Crippen molar-refractivity contribution in [2.24, 2.45) is 0 Å². The summed E-state index contributed by atoms with van der Waals surface area (Å²) in [4.78, 5) is 0. The SMILES string of the molecule is c1ccc(C[C@@]23CCCC[C@@H]2O3)cc1. The molecule has 0 amide bonds. The molecule has 0 aromatic heterocycles. The smallest absolute Gasteiger partial charge is 0.0988 e. The van der Waals surface area contributed by atoms with Crippen LogP contribution in [0.15, 0.2) is 30.3 Å². The number of epoxide rings is 1. The van der Waals surface area contributed by atoms with Crippen LogP contribution in [0.5, 0.6) is 0 Å². The van der Waals surface area contributed by atoms with Gasteiger partial charge in [0.25, 0.3) is 0 Å². The second-order valence-electron chi connectivity index (χ2n) is 4.58. The van der Waals surface area contributed by atoms with Crippen LogP contribution in [0, 0.1) is 0 Å². The lowest BCUT2D eigenvalue weighted by atomic mass is 9.84. The van der Waals surface area contributed by atoms with Crippen molar-refractivity contribution in [2.75, 3.05) is 0 Å². The van der Waals surface area contributed by atoms with Gasteiger partial charge in [0.05, 0.1) is 11.7 Å². The van der Waals surface area contributed by atoms with Crippen molar-refractivity contribution in [3.63, 3.8) is 0 Å². The summed E-state index contributed by atoms with van der Waals surface area (Å²) < 4.78 is 5.87. The van der Waals surface area contributed by atoms with E-state index >= 15 is 0 Å². The number of benzene rings is 1. The Labute approximate surface area is 85.1 Å². The van der Waals surface area contributed by atoms with Crippen LogP contribution in [0.4, 0.5) is 0 Å². The number of fused-ring (bicyclic) bond motifs is 1. The second kappa shape index (κ2) is 3.09. The van der Waals surface area contributed by atoms with E-state index < -0.39 is 0 Å². The van der Waals surface area contributed by atoms with Crippen LogP contribution in [0.2, 0.25) is 0 Å². The minimum Gasteiger partial charge on any atom is -0.366 e. The Morgan fingerprint density at radius 3 is 2.86 bits per heavy atom. The van der Waals surface area contributed by atoms with E-state index in [1.165, 1.54) is 31.2 Å². The predicted octanol–water partition coefficient (Wildman–Crippen LogP) is 2.94. The summed E-state index contributed by atoms with van der Waals surface area (Å²) >= 11 is 0. The molecule has 2 fully saturated rings. The van der Waals surface area contributed by atoms with Gasteiger partial charge in [-0.05, 0) is 18.4 Å². The Morgan fingerprint density at radius 1 is 1.21 bits per heavy atom. The van der Waals surface area contributed by atoms with E-state index in [4.69, 9.17) is 4.74 Å². The van der Waals surface area contributed by atoms with Crippen molar-refractivity contribution in [1.29, 1.82) is 0 Å². The summed E-state index contributed by atoms with van der Waals surface area (Å²) in [5, 5.41) is 0. The molecular formula is C13H16O. The lowest BCUT2D eigenvalue weighted by Crippen LogP contribution is -2.22. The quantitative estimate of drug-likeness (QED) is 0.650. The molecule has 1 aromatic rings. The van der Waals surface area contributed by atoms with E-state index in [1.807, 2.05) is 0 Å². The molecule has 1 nitrogen and oxygen atoms in total. The summed E-state index contributed by atoms with van der Waals surface area (Å²) in [6, 6.07) is 10.7. The van der Waals surface area contributed by atoms with Gasteiger partial charge in [0.2, 0.25) is 0 Å². The molecule has 1 saturated carbocycles. The third kappa shape index (κ3) is 1.36. The standard InChI is InChI=1S/C13H16O/c1-2-6-11(7-3-1)10-13-9-5-4-8-12(13)14-13/h1-3,6-7,12H,4-5,8-10H2/t12-,13-/m0/s1. The van der Waals surface area contributed by atoms with Gasteiger partial charge >= 0.3 is 0 Å². The molecule has 1 heteroatoms. The minimum atomic E-state index is 0.250. The van der Waals surface area contributed by atoms with Crippen LogP contribution in [0.3, 0.4) is 0 Å².